The van der Waals surface area contributed by atoms with Gasteiger partial charge in [-0.2, -0.15) is 0 Å². The first kappa shape index (κ1) is 16.4. The molecule has 0 aliphatic carbocycles. The van der Waals surface area contributed by atoms with E-state index >= 15 is 0 Å². The van der Waals surface area contributed by atoms with Gasteiger partial charge in [0.05, 0.1) is 0 Å². The maximum atomic E-state index is 11.9. The summed E-state index contributed by atoms with van der Waals surface area (Å²) in [4.78, 5) is 23.0. The molecule has 22 heavy (non-hydrogen) atoms. The molecule has 0 aliphatic rings. The second kappa shape index (κ2) is 6.83. The van der Waals surface area contributed by atoms with E-state index in [0.717, 1.165) is 10.9 Å². The molecule has 0 saturated heterocycles. The van der Waals surface area contributed by atoms with E-state index in [1.807, 2.05) is 35.0 Å². The van der Waals surface area contributed by atoms with Crippen molar-refractivity contribution >= 4 is 34.4 Å². The molecule has 2 rings (SSSR count). The lowest BCUT2D eigenvalue weighted by molar-refractivity contribution is -0.143. The number of hydrogen-bond acceptors (Lipinski definition) is 2. The second-order valence-electron chi connectivity index (χ2n) is 5.56. The molecule has 1 aromatic carbocycles. The predicted molar refractivity (Wildman–Crippen MR) is 86.0 cm³/mol. The Balaban J connectivity index is 2.01. The number of aromatic nitrogens is 1. The summed E-state index contributed by atoms with van der Waals surface area (Å²) in [7, 11) is 0. The van der Waals surface area contributed by atoms with Gasteiger partial charge in [-0.25, -0.2) is 4.79 Å². The van der Waals surface area contributed by atoms with Crippen molar-refractivity contribution in [2.45, 2.75) is 32.9 Å². The van der Waals surface area contributed by atoms with Gasteiger partial charge in [-0.05, 0) is 24.1 Å². The molecule has 1 amide bonds. The fourth-order valence-electron chi connectivity index (χ4n) is 2.36. The molecule has 0 unspecified atom stereocenters. The third kappa shape index (κ3) is 3.60. The third-order valence-electron chi connectivity index (χ3n) is 3.59. The molecular formula is C16H19ClN2O3. The highest BCUT2D eigenvalue weighted by Crippen LogP contribution is 2.24. The molecule has 1 heterocycles. The maximum absolute atomic E-state index is 11.9. The van der Waals surface area contributed by atoms with Crippen LogP contribution in [-0.2, 0) is 16.1 Å². The summed E-state index contributed by atoms with van der Waals surface area (Å²) < 4.78 is 1.94. The van der Waals surface area contributed by atoms with Crippen molar-refractivity contribution in [3.63, 3.8) is 0 Å². The van der Waals surface area contributed by atoms with Crippen molar-refractivity contribution in [1.82, 2.24) is 9.88 Å². The number of nitrogens with zero attached hydrogens (tertiary/aromatic N) is 1. The van der Waals surface area contributed by atoms with Gasteiger partial charge in [0.15, 0.2) is 0 Å². The zero-order chi connectivity index (χ0) is 16.3. The highest BCUT2D eigenvalue weighted by molar-refractivity contribution is 6.35. The summed E-state index contributed by atoms with van der Waals surface area (Å²) in [5.41, 5.74) is 0.957. The maximum Gasteiger partial charge on any atom is 0.326 e. The van der Waals surface area contributed by atoms with E-state index in [4.69, 9.17) is 16.7 Å². The van der Waals surface area contributed by atoms with Crippen LogP contribution in [0.5, 0.6) is 0 Å². The molecule has 0 aliphatic heterocycles. The van der Waals surface area contributed by atoms with E-state index < -0.39 is 12.0 Å². The number of rotatable bonds is 6. The lowest BCUT2D eigenvalue weighted by atomic mass is 10.0. The minimum absolute atomic E-state index is 0.160. The summed E-state index contributed by atoms with van der Waals surface area (Å²) in [5.74, 6) is -1.45. The summed E-state index contributed by atoms with van der Waals surface area (Å²) in [6, 6.07) is 6.67. The summed E-state index contributed by atoms with van der Waals surface area (Å²) in [6.45, 7) is 4.00. The zero-order valence-electron chi connectivity index (χ0n) is 12.5. The Kier molecular flexibility index (Phi) is 5.08. The Morgan fingerprint density at radius 1 is 1.32 bits per heavy atom. The van der Waals surface area contributed by atoms with E-state index in [9.17, 15) is 9.59 Å². The molecule has 0 spiro atoms. The topological polar surface area (TPSA) is 71.3 Å². The van der Waals surface area contributed by atoms with Gasteiger partial charge in [-0.1, -0.05) is 31.5 Å². The van der Waals surface area contributed by atoms with Gasteiger partial charge in [0.25, 0.3) is 0 Å². The Labute approximate surface area is 133 Å². The van der Waals surface area contributed by atoms with Gasteiger partial charge >= 0.3 is 5.97 Å². The molecule has 1 atom stereocenters. The van der Waals surface area contributed by atoms with Gasteiger partial charge in [0.1, 0.15) is 6.04 Å². The van der Waals surface area contributed by atoms with E-state index in [2.05, 4.69) is 5.32 Å². The fraction of sp³-hybridized carbons (Fsp3) is 0.375. The van der Waals surface area contributed by atoms with Gasteiger partial charge in [-0.3, -0.25) is 4.79 Å². The lowest BCUT2D eigenvalue weighted by Crippen LogP contribution is -2.44. The highest BCUT2D eigenvalue weighted by Gasteiger charge is 2.23. The van der Waals surface area contributed by atoms with Crippen LogP contribution in [0.4, 0.5) is 0 Å². The Morgan fingerprint density at radius 3 is 2.68 bits per heavy atom. The average Bonchev–Trinajstić information content (AvgIpc) is 2.86. The van der Waals surface area contributed by atoms with Crippen molar-refractivity contribution in [1.29, 1.82) is 0 Å². The van der Waals surface area contributed by atoms with E-state index in [1.54, 1.807) is 13.8 Å². The smallest absolute Gasteiger partial charge is 0.326 e. The Hall–Kier alpha value is -2.01. The monoisotopic (exact) mass is 322 g/mol. The van der Waals surface area contributed by atoms with Crippen molar-refractivity contribution in [3.05, 3.63) is 35.5 Å². The fourth-order valence-corrected chi connectivity index (χ4v) is 2.59. The van der Waals surface area contributed by atoms with Crippen LogP contribution in [0, 0.1) is 5.92 Å². The predicted octanol–water partition coefficient (Wildman–Crippen LogP) is 2.91. The normalized spacial score (nSPS) is 12.5. The van der Waals surface area contributed by atoms with E-state index in [0.29, 0.717) is 11.6 Å². The molecule has 0 saturated carbocycles. The number of halogens is 1. The van der Waals surface area contributed by atoms with E-state index in [1.165, 1.54) is 0 Å². The molecule has 2 aromatic rings. The van der Waals surface area contributed by atoms with Crippen molar-refractivity contribution in [2.24, 2.45) is 5.92 Å². The number of carbonyl (C=O) groups excluding carboxylic acids is 1. The second-order valence-corrected chi connectivity index (χ2v) is 5.97. The quantitative estimate of drug-likeness (QED) is 0.859. The number of aliphatic carboxylic acids is 1. The number of fused-ring (bicyclic) bond motifs is 1. The number of carboxylic acids is 1. The number of hydrogen-bond donors (Lipinski definition) is 2. The van der Waals surface area contributed by atoms with E-state index in [-0.39, 0.29) is 18.2 Å². The van der Waals surface area contributed by atoms with Gasteiger partial charge in [0, 0.05) is 35.1 Å². The first-order valence-corrected chi connectivity index (χ1v) is 7.53. The number of amides is 1. The van der Waals surface area contributed by atoms with Gasteiger partial charge in [-0.15, -0.1) is 0 Å². The molecule has 0 bridgehead atoms. The standard InChI is InChI=1S/C16H19ClN2O3/c1-10(2)15(16(21)22)18-14(20)7-9-19-8-6-11-12(17)4-3-5-13(11)19/h3-6,8,10,15H,7,9H2,1-2H3,(H,18,20)(H,21,22)/t15-/m0/s1. The van der Waals surface area contributed by atoms with Crippen LogP contribution < -0.4 is 5.32 Å². The van der Waals surface area contributed by atoms with Crippen LogP contribution >= 0.6 is 11.6 Å². The van der Waals surface area contributed by atoms with Gasteiger partial charge < -0.3 is 15.0 Å². The molecule has 0 radical (unpaired) electrons. The van der Waals surface area contributed by atoms with Crippen LogP contribution in [0.15, 0.2) is 30.5 Å². The number of aryl methyl sites for hydroxylation is 1. The SMILES string of the molecule is CC(C)[C@H](NC(=O)CCn1ccc2c(Cl)cccc21)C(=O)O. The number of carbonyl (C=O) groups is 2. The van der Waals surface area contributed by atoms with Gasteiger partial charge in [0.2, 0.25) is 5.91 Å². The molecular weight excluding hydrogens is 304 g/mol. The van der Waals surface area contributed by atoms with Crippen LogP contribution in [-0.4, -0.2) is 27.6 Å². The molecule has 6 heteroatoms. The molecule has 118 valence electrons. The number of nitrogens with one attached hydrogen (secondary N) is 1. The van der Waals surface area contributed by atoms with Crippen molar-refractivity contribution in [2.75, 3.05) is 0 Å². The van der Waals surface area contributed by atoms with Crippen LogP contribution in [0.3, 0.4) is 0 Å². The Bertz CT molecular complexity index is 694. The summed E-state index contributed by atoms with van der Waals surface area (Å²) in [5, 5.41) is 13.3. The average molecular weight is 323 g/mol. The minimum atomic E-state index is -1.01. The first-order valence-electron chi connectivity index (χ1n) is 7.15. The highest BCUT2D eigenvalue weighted by atomic mass is 35.5. The molecule has 0 fully saturated rings. The summed E-state index contributed by atoms with van der Waals surface area (Å²) >= 11 is 6.11. The molecule has 1 aromatic heterocycles. The molecule has 2 N–H and O–H groups in total. The molecule has 5 nitrogen and oxygen atoms in total. The van der Waals surface area contributed by atoms with Crippen LogP contribution in [0.2, 0.25) is 5.02 Å². The number of benzene rings is 1. The zero-order valence-corrected chi connectivity index (χ0v) is 13.3. The van der Waals surface area contributed by atoms with Crippen LogP contribution in [0.25, 0.3) is 10.9 Å². The summed E-state index contributed by atoms with van der Waals surface area (Å²) in [6.07, 6.45) is 2.09. The third-order valence-corrected chi connectivity index (χ3v) is 3.92. The van der Waals surface area contributed by atoms with Crippen LogP contribution in [0.1, 0.15) is 20.3 Å². The van der Waals surface area contributed by atoms with Crippen molar-refractivity contribution < 1.29 is 14.7 Å². The minimum Gasteiger partial charge on any atom is -0.480 e. The Morgan fingerprint density at radius 2 is 2.05 bits per heavy atom. The largest absolute Gasteiger partial charge is 0.480 e. The lowest BCUT2D eigenvalue weighted by Gasteiger charge is -2.18. The van der Waals surface area contributed by atoms with Crippen molar-refractivity contribution in [3.8, 4) is 0 Å². The first-order chi connectivity index (χ1) is 10.4. The number of carboxylic acid groups (broad SMARTS) is 1.